The topological polar surface area (TPSA) is 64.6 Å². The summed E-state index contributed by atoms with van der Waals surface area (Å²) in [5.74, 6) is 0.477. The molecule has 0 saturated heterocycles. The van der Waals surface area contributed by atoms with E-state index < -0.39 is 12.0 Å². The number of carbonyl (C=O) groups excluding carboxylic acids is 2. The predicted molar refractivity (Wildman–Crippen MR) is 92.4 cm³/mol. The molecule has 1 rings (SSSR count). The maximum Gasteiger partial charge on any atom is 0.328 e. The van der Waals surface area contributed by atoms with Crippen molar-refractivity contribution in [1.82, 2.24) is 5.32 Å². The Labute approximate surface area is 145 Å². The lowest BCUT2D eigenvalue weighted by molar-refractivity contribution is -0.145. The highest BCUT2D eigenvalue weighted by atomic mass is 79.9. The molecule has 0 spiro atoms. The highest BCUT2D eigenvalue weighted by Gasteiger charge is 2.22. The van der Waals surface area contributed by atoms with Gasteiger partial charge in [-0.2, -0.15) is 0 Å². The predicted octanol–water partition coefficient (Wildman–Crippen LogP) is 3.09. The maximum absolute atomic E-state index is 12.1. The van der Waals surface area contributed by atoms with E-state index in [-0.39, 0.29) is 11.8 Å². The number of amides is 1. The van der Waals surface area contributed by atoms with Gasteiger partial charge in [-0.25, -0.2) is 4.79 Å². The molecule has 1 aromatic carbocycles. The van der Waals surface area contributed by atoms with Crippen molar-refractivity contribution in [3.8, 4) is 5.75 Å². The highest BCUT2D eigenvalue weighted by molar-refractivity contribution is 9.10. The highest BCUT2D eigenvalue weighted by Crippen LogP contribution is 2.25. The molecule has 5 nitrogen and oxygen atoms in total. The number of hydrogen-bond acceptors (Lipinski definition) is 4. The van der Waals surface area contributed by atoms with Crippen LogP contribution >= 0.6 is 15.9 Å². The van der Waals surface area contributed by atoms with Crippen LogP contribution in [0.1, 0.15) is 32.3 Å². The largest absolute Gasteiger partial charge is 0.496 e. The van der Waals surface area contributed by atoms with E-state index in [4.69, 9.17) is 9.47 Å². The Morgan fingerprint density at radius 1 is 1.26 bits per heavy atom. The number of hydrogen-bond donors (Lipinski definition) is 1. The number of carbonyl (C=O) groups is 2. The van der Waals surface area contributed by atoms with Crippen molar-refractivity contribution < 1.29 is 19.1 Å². The molecule has 1 atom stereocenters. The Bertz CT molecular complexity index is 545. The van der Waals surface area contributed by atoms with Crippen LogP contribution in [0.3, 0.4) is 0 Å². The van der Waals surface area contributed by atoms with Crippen LogP contribution in [0.25, 0.3) is 0 Å². The smallest absolute Gasteiger partial charge is 0.328 e. The molecule has 0 saturated carbocycles. The summed E-state index contributed by atoms with van der Waals surface area (Å²) >= 11 is 3.42. The fraction of sp³-hybridized carbons (Fsp3) is 0.529. The van der Waals surface area contributed by atoms with Gasteiger partial charge >= 0.3 is 5.97 Å². The summed E-state index contributed by atoms with van der Waals surface area (Å²) in [5.41, 5.74) is 1.02. The number of halogens is 1. The lowest BCUT2D eigenvalue weighted by Gasteiger charge is -2.18. The van der Waals surface area contributed by atoms with Crippen molar-refractivity contribution in [3.05, 3.63) is 28.2 Å². The van der Waals surface area contributed by atoms with Crippen LogP contribution in [0.5, 0.6) is 5.75 Å². The summed E-state index contributed by atoms with van der Waals surface area (Å²) in [6.07, 6.45) is 1.46. The van der Waals surface area contributed by atoms with Gasteiger partial charge in [0, 0.05) is 6.42 Å². The fourth-order valence-corrected chi connectivity index (χ4v) is 2.81. The summed E-state index contributed by atoms with van der Waals surface area (Å²) < 4.78 is 10.8. The molecular formula is C17H24BrNO4. The van der Waals surface area contributed by atoms with Crippen LogP contribution in [-0.2, 0) is 20.7 Å². The molecule has 1 aromatic rings. The van der Waals surface area contributed by atoms with Crippen molar-refractivity contribution >= 4 is 27.8 Å². The summed E-state index contributed by atoms with van der Waals surface area (Å²) in [4.78, 5) is 23.8. The van der Waals surface area contributed by atoms with Crippen LogP contribution in [0, 0.1) is 5.92 Å². The van der Waals surface area contributed by atoms with Gasteiger partial charge in [-0.3, -0.25) is 4.79 Å². The number of rotatable bonds is 8. The fourth-order valence-electron chi connectivity index (χ4n) is 2.22. The molecule has 0 fully saturated rings. The van der Waals surface area contributed by atoms with E-state index in [1.807, 2.05) is 32.0 Å². The Hall–Kier alpha value is -1.56. The van der Waals surface area contributed by atoms with Gasteiger partial charge in [-0.05, 0) is 52.4 Å². The lowest BCUT2D eigenvalue weighted by atomic mass is 10.0. The van der Waals surface area contributed by atoms with Crippen molar-refractivity contribution in [1.29, 1.82) is 0 Å². The first-order valence-electron chi connectivity index (χ1n) is 7.57. The Kier molecular flexibility index (Phi) is 8.09. The average molecular weight is 386 g/mol. The van der Waals surface area contributed by atoms with E-state index in [1.54, 1.807) is 7.11 Å². The van der Waals surface area contributed by atoms with Crippen molar-refractivity contribution in [2.75, 3.05) is 14.2 Å². The minimum absolute atomic E-state index is 0.159. The van der Waals surface area contributed by atoms with Gasteiger partial charge in [0.15, 0.2) is 0 Å². The van der Waals surface area contributed by atoms with E-state index in [1.165, 1.54) is 7.11 Å². The van der Waals surface area contributed by atoms with Crippen LogP contribution in [0.2, 0.25) is 0 Å². The van der Waals surface area contributed by atoms with Gasteiger partial charge in [0.05, 0.1) is 18.7 Å². The molecule has 0 aromatic heterocycles. The van der Waals surface area contributed by atoms with Gasteiger partial charge in [0.25, 0.3) is 0 Å². The zero-order valence-electron chi connectivity index (χ0n) is 14.0. The molecule has 128 valence electrons. The first-order valence-corrected chi connectivity index (χ1v) is 8.36. The minimum atomic E-state index is -0.588. The van der Waals surface area contributed by atoms with Crippen molar-refractivity contribution in [3.63, 3.8) is 0 Å². The Balaban J connectivity index is 2.57. The number of benzene rings is 1. The quantitative estimate of drug-likeness (QED) is 0.698. The van der Waals surface area contributed by atoms with E-state index in [0.717, 1.165) is 15.8 Å². The second kappa shape index (κ2) is 9.55. The second-order valence-electron chi connectivity index (χ2n) is 5.74. The zero-order chi connectivity index (χ0) is 17.4. The number of ether oxygens (including phenoxy) is 2. The van der Waals surface area contributed by atoms with Crippen LogP contribution < -0.4 is 10.1 Å². The molecule has 0 aliphatic carbocycles. The molecule has 0 heterocycles. The monoisotopic (exact) mass is 385 g/mol. The molecule has 0 aliphatic heterocycles. The van der Waals surface area contributed by atoms with Crippen molar-refractivity contribution in [2.24, 2.45) is 5.92 Å². The van der Waals surface area contributed by atoms with Gasteiger partial charge < -0.3 is 14.8 Å². The molecule has 0 radical (unpaired) electrons. The zero-order valence-corrected chi connectivity index (χ0v) is 15.6. The number of esters is 1. The van der Waals surface area contributed by atoms with E-state index in [0.29, 0.717) is 19.3 Å². The van der Waals surface area contributed by atoms with Crippen molar-refractivity contribution in [2.45, 2.75) is 39.2 Å². The SMILES string of the molecule is COC(=O)C(CC(C)C)NC(=O)CCc1ccc(OC)c(Br)c1. The minimum Gasteiger partial charge on any atom is -0.496 e. The molecule has 1 unspecified atom stereocenters. The molecule has 1 N–H and O–H groups in total. The molecule has 1 amide bonds. The molecule has 0 bridgehead atoms. The van der Waals surface area contributed by atoms with Gasteiger partial charge in [0.2, 0.25) is 5.91 Å². The van der Waals surface area contributed by atoms with E-state index in [9.17, 15) is 9.59 Å². The first-order chi connectivity index (χ1) is 10.9. The first kappa shape index (κ1) is 19.5. The molecular weight excluding hydrogens is 362 g/mol. The lowest BCUT2D eigenvalue weighted by Crippen LogP contribution is -2.42. The maximum atomic E-state index is 12.1. The summed E-state index contributed by atoms with van der Waals surface area (Å²) in [5, 5.41) is 2.76. The number of aryl methyl sites for hydroxylation is 1. The summed E-state index contributed by atoms with van der Waals surface area (Å²) in [6.45, 7) is 3.99. The van der Waals surface area contributed by atoms with Gasteiger partial charge in [-0.1, -0.05) is 19.9 Å². The van der Waals surface area contributed by atoms with E-state index in [2.05, 4.69) is 21.2 Å². The third-order valence-corrected chi connectivity index (χ3v) is 4.00. The van der Waals surface area contributed by atoms with Crippen LogP contribution in [0.4, 0.5) is 0 Å². The summed E-state index contributed by atoms with van der Waals surface area (Å²) in [7, 11) is 2.94. The number of nitrogens with one attached hydrogen (secondary N) is 1. The molecule has 0 aliphatic rings. The van der Waals surface area contributed by atoms with Gasteiger partial charge in [-0.15, -0.1) is 0 Å². The Morgan fingerprint density at radius 3 is 2.48 bits per heavy atom. The third kappa shape index (κ3) is 6.60. The van der Waals surface area contributed by atoms with Crippen LogP contribution in [-0.4, -0.2) is 32.1 Å². The van der Waals surface area contributed by atoms with Crippen LogP contribution in [0.15, 0.2) is 22.7 Å². The average Bonchev–Trinajstić information content (AvgIpc) is 2.51. The van der Waals surface area contributed by atoms with E-state index >= 15 is 0 Å². The molecule has 23 heavy (non-hydrogen) atoms. The third-order valence-electron chi connectivity index (χ3n) is 3.38. The second-order valence-corrected chi connectivity index (χ2v) is 6.60. The Morgan fingerprint density at radius 2 is 1.96 bits per heavy atom. The summed E-state index contributed by atoms with van der Waals surface area (Å²) in [6, 6.07) is 5.11. The standard InChI is InChI=1S/C17H24BrNO4/c1-11(2)9-14(17(21)23-4)19-16(20)8-6-12-5-7-15(22-3)13(18)10-12/h5,7,10-11,14H,6,8-9H2,1-4H3,(H,19,20). The molecule has 6 heteroatoms. The normalized spacial score (nSPS) is 11.9. The number of methoxy groups -OCH3 is 2. The van der Waals surface area contributed by atoms with Gasteiger partial charge in [0.1, 0.15) is 11.8 Å².